The second kappa shape index (κ2) is 6.96. The number of fused-ring (bicyclic) bond motifs is 1. The monoisotopic (exact) mass is 313 g/mol. The molecule has 0 radical (unpaired) electrons. The SMILES string of the molecule is CCOCC(=O)N1CCc2c(-c3ccccc3)nn(C)c2CC1. The van der Waals surface area contributed by atoms with Crippen molar-refractivity contribution < 1.29 is 9.53 Å². The number of carbonyl (C=O) groups is 1. The fraction of sp³-hybridized carbons (Fsp3) is 0.444. The van der Waals surface area contributed by atoms with E-state index in [9.17, 15) is 4.79 Å². The average Bonchev–Trinajstić information content (AvgIpc) is 2.75. The van der Waals surface area contributed by atoms with Crippen molar-refractivity contribution >= 4 is 5.91 Å². The Morgan fingerprint density at radius 1 is 1.22 bits per heavy atom. The van der Waals surface area contributed by atoms with Crippen LogP contribution in [0.3, 0.4) is 0 Å². The maximum atomic E-state index is 12.2. The van der Waals surface area contributed by atoms with E-state index < -0.39 is 0 Å². The number of benzene rings is 1. The molecule has 0 fully saturated rings. The van der Waals surface area contributed by atoms with Gasteiger partial charge in [-0.3, -0.25) is 9.48 Å². The Bertz CT molecular complexity index is 679. The third kappa shape index (κ3) is 3.29. The van der Waals surface area contributed by atoms with Crippen LogP contribution in [0, 0.1) is 0 Å². The molecule has 0 saturated heterocycles. The van der Waals surface area contributed by atoms with Gasteiger partial charge in [0.15, 0.2) is 0 Å². The third-order valence-electron chi connectivity index (χ3n) is 4.35. The van der Waals surface area contributed by atoms with Gasteiger partial charge in [0.1, 0.15) is 6.61 Å². The van der Waals surface area contributed by atoms with Gasteiger partial charge in [-0.25, -0.2) is 0 Å². The number of rotatable bonds is 4. The minimum Gasteiger partial charge on any atom is -0.372 e. The Morgan fingerprint density at radius 2 is 1.96 bits per heavy atom. The minimum atomic E-state index is 0.0777. The molecule has 0 atom stereocenters. The van der Waals surface area contributed by atoms with Crippen molar-refractivity contribution in [3.8, 4) is 11.3 Å². The normalized spacial score (nSPS) is 14.4. The number of aryl methyl sites for hydroxylation is 1. The summed E-state index contributed by atoms with van der Waals surface area (Å²) in [5.41, 5.74) is 4.68. The number of ether oxygens (including phenoxy) is 1. The molecule has 5 heteroatoms. The first-order valence-corrected chi connectivity index (χ1v) is 8.16. The van der Waals surface area contributed by atoms with Gasteiger partial charge < -0.3 is 9.64 Å². The highest BCUT2D eigenvalue weighted by Crippen LogP contribution is 2.27. The van der Waals surface area contributed by atoms with Crippen LogP contribution in [0.4, 0.5) is 0 Å². The maximum absolute atomic E-state index is 12.2. The standard InChI is InChI=1S/C18H23N3O2/c1-3-23-13-17(22)21-11-9-15-16(10-12-21)20(2)19-18(15)14-7-5-4-6-8-14/h4-8H,3,9-13H2,1-2H3. The Balaban J connectivity index is 1.82. The van der Waals surface area contributed by atoms with Crippen molar-refractivity contribution in [2.45, 2.75) is 19.8 Å². The van der Waals surface area contributed by atoms with E-state index in [1.165, 1.54) is 11.3 Å². The van der Waals surface area contributed by atoms with Gasteiger partial charge >= 0.3 is 0 Å². The summed E-state index contributed by atoms with van der Waals surface area (Å²) in [6.07, 6.45) is 1.68. The zero-order valence-corrected chi connectivity index (χ0v) is 13.8. The molecule has 1 aliphatic rings. The number of hydrogen-bond donors (Lipinski definition) is 0. The molecular weight excluding hydrogens is 290 g/mol. The lowest BCUT2D eigenvalue weighted by Crippen LogP contribution is -2.36. The minimum absolute atomic E-state index is 0.0777. The predicted octanol–water partition coefficient (Wildman–Crippen LogP) is 2.05. The van der Waals surface area contributed by atoms with E-state index in [0.29, 0.717) is 6.61 Å². The van der Waals surface area contributed by atoms with E-state index in [4.69, 9.17) is 9.84 Å². The third-order valence-corrected chi connectivity index (χ3v) is 4.35. The molecule has 1 aromatic heterocycles. The summed E-state index contributed by atoms with van der Waals surface area (Å²) >= 11 is 0. The smallest absolute Gasteiger partial charge is 0.248 e. The van der Waals surface area contributed by atoms with Crippen molar-refractivity contribution in [1.82, 2.24) is 14.7 Å². The maximum Gasteiger partial charge on any atom is 0.248 e. The summed E-state index contributed by atoms with van der Waals surface area (Å²) in [7, 11) is 1.99. The molecule has 0 N–H and O–H groups in total. The number of carbonyl (C=O) groups excluding carboxylic acids is 1. The molecule has 1 aliphatic heterocycles. The van der Waals surface area contributed by atoms with E-state index in [0.717, 1.165) is 37.2 Å². The topological polar surface area (TPSA) is 47.4 Å². The van der Waals surface area contributed by atoms with E-state index >= 15 is 0 Å². The molecule has 0 saturated carbocycles. The zero-order chi connectivity index (χ0) is 16.2. The molecule has 2 heterocycles. The van der Waals surface area contributed by atoms with E-state index in [-0.39, 0.29) is 12.5 Å². The van der Waals surface area contributed by atoms with Gasteiger partial charge in [0, 0.05) is 50.0 Å². The summed E-state index contributed by atoms with van der Waals surface area (Å²) in [4.78, 5) is 14.1. The molecule has 0 aliphatic carbocycles. The molecule has 0 spiro atoms. The van der Waals surface area contributed by atoms with Crippen molar-refractivity contribution in [3.05, 3.63) is 41.6 Å². The van der Waals surface area contributed by atoms with E-state index in [1.807, 2.05) is 41.8 Å². The summed E-state index contributed by atoms with van der Waals surface area (Å²) in [5, 5.41) is 4.71. The van der Waals surface area contributed by atoms with Crippen molar-refractivity contribution in [3.63, 3.8) is 0 Å². The lowest BCUT2D eigenvalue weighted by molar-refractivity contribution is -0.135. The summed E-state index contributed by atoms with van der Waals surface area (Å²) in [6.45, 7) is 4.11. The summed E-state index contributed by atoms with van der Waals surface area (Å²) < 4.78 is 7.22. The predicted molar refractivity (Wildman–Crippen MR) is 89.1 cm³/mol. The Labute approximate surface area is 136 Å². The molecule has 23 heavy (non-hydrogen) atoms. The molecule has 3 rings (SSSR count). The van der Waals surface area contributed by atoms with E-state index in [2.05, 4.69) is 12.1 Å². The molecule has 1 amide bonds. The first kappa shape index (κ1) is 15.7. The van der Waals surface area contributed by atoms with Gasteiger partial charge in [-0.1, -0.05) is 30.3 Å². The molecule has 5 nitrogen and oxygen atoms in total. The number of aromatic nitrogens is 2. The zero-order valence-electron chi connectivity index (χ0n) is 13.8. The van der Waals surface area contributed by atoms with Crippen LogP contribution in [0.15, 0.2) is 30.3 Å². The number of amides is 1. The van der Waals surface area contributed by atoms with Crippen molar-refractivity contribution in [2.24, 2.45) is 7.05 Å². The fourth-order valence-corrected chi connectivity index (χ4v) is 3.14. The van der Waals surface area contributed by atoms with Crippen molar-refractivity contribution in [2.75, 3.05) is 26.3 Å². The average molecular weight is 313 g/mol. The van der Waals surface area contributed by atoms with Gasteiger partial charge in [-0.15, -0.1) is 0 Å². The molecular formula is C18H23N3O2. The Hall–Kier alpha value is -2.14. The van der Waals surface area contributed by atoms with Gasteiger partial charge in [0.2, 0.25) is 5.91 Å². The molecule has 0 unspecified atom stereocenters. The molecule has 2 aromatic rings. The Kier molecular flexibility index (Phi) is 4.76. The molecule has 1 aromatic carbocycles. The van der Waals surface area contributed by atoms with Gasteiger partial charge in [-0.2, -0.15) is 5.10 Å². The van der Waals surface area contributed by atoms with Crippen LogP contribution < -0.4 is 0 Å². The quantitative estimate of drug-likeness (QED) is 0.868. The number of nitrogens with zero attached hydrogens (tertiary/aromatic N) is 3. The Morgan fingerprint density at radius 3 is 2.70 bits per heavy atom. The van der Waals surface area contributed by atoms with Crippen LogP contribution in [-0.4, -0.2) is 46.9 Å². The van der Waals surface area contributed by atoms with Crippen molar-refractivity contribution in [1.29, 1.82) is 0 Å². The van der Waals surface area contributed by atoms with E-state index in [1.54, 1.807) is 0 Å². The first-order chi connectivity index (χ1) is 11.2. The van der Waals surface area contributed by atoms with Crippen LogP contribution in [0.5, 0.6) is 0 Å². The molecule has 0 bridgehead atoms. The van der Waals surface area contributed by atoms with Crippen LogP contribution in [-0.2, 0) is 29.4 Å². The highest BCUT2D eigenvalue weighted by atomic mass is 16.5. The highest BCUT2D eigenvalue weighted by Gasteiger charge is 2.24. The van der Waals surface area contributed by atoms with Crippen LogP contribution in [0.25, 0.3) is 11.3 Å². The van der Waals surface area contributed by atoms with Crippen LogP contribution in [0.2, 0.25) is 0 Å². The summed E-state index contributed by atoms with van der Waals surface area (Å²) in [5.74, 6) is 0.0777. The largest absolute Gasteiger partial charge is 0.372 e. The van der Waals surface area contributed by atoms with Crippen LogP contribution in [0.1, 0.15) is 18.2 Å². The number of hydrogen-bond acceptors (Lipinski definition) is 3. The van der Waals surface area contributed by atoms with Gasteiger partial charge in [0.25, 0.3) is 0 Å². The van der Waals surface area contributed by atoms with Crippen LogP contribution >= 0.6 is 0 Å². The fourth-order valence-electron chi connectivity index (χ4n) is 3.14. The highest BCUT2D eigenvalue weighted by molar-refractivity contribution is 5.77. The van der Waals surface area contributed by atoms with Gasteiger partial charge in [0.05, 0.1) is 5.69 Å². The lowest BCUT2D eigenvalue weighted by Gasteiger charge is -2.20. The second-order valence-corrected chi connectivity index (χ2v) is 5.78. The first-order valence-electron chi connectivity index (χ1n) is 8.16. The van der Waals surface area contributed by atoms with Gasteiger partial charge in [-0.05, 0) is 13.3 Å². The lowest BCUT2D eigenvalue weighted by atomic mass is 10.0. The second-order valence-electron chi connectivity index (χ2n) is 5.78. The summed E-state index contributed by atoms with van der Waals surface area (Å²) in [6, 6.07) is 10.3. The molecule has 122 valence electrons.